The van der Waals surface area contributed by atoms with Crippen molar-refractivity contribution in [1.29, 1.82) is 0 Å². The van der Waals surface area contributed by atoms with Gasteiger partial charge in [-0.25, -0.2) is 13.8 Å². The van der Waals surface area contributed by atoms with Crippen molar-refractivity contribution in [3.05, 3.63) is 28.5 Å². The van der Waals surface area contributed by atoms with E-state index in [0.29, 0.717) is 13.0 Å². The molecule has 6 heteroatoms. The Morgan fingerprint density at radius 3 is 2.95 bits per heavy atom. The minimum Gasteiger partial charge on any atom is -0.331 e. The van der Waals surface area contributed by atoms with Crippen molar-refractivity contribution in [2.45, 2.75) is 25.3 Å². The van der Waals surface area contributed by atoms with E-state index in [1.807, 2.05) is 28.6 Å². The van der Waals surface area contributed by atoms with Gasteiger partial charge >= 0.3 is 0 Å². The summed E-state index contributed by atoms with van der Waals surface area (Å²) in [6, 6.07) is 3.92. The van der Waals surface area contributed by atoms with Crippen LogP contribution < -0.4 is 0 Å². The zero-order valence-electron chi connectivity index (χ0n) is 11.2. The third-order valence-electron chi connectivity index (χ3n) is 3.83. The standard InChI is InChI=1S/C14H16BrF2N3/c1-19-10(7-11-12(15)3-5-18-13(11)19)8-20-6-2-4-14(16,17)9-20/h3,5,7H,2,4,6,8-9H2,1H3. The third kappa shape index (κ3) is 2.59. The molecule has 0 unspecified atom stereocenters. The Hall–Kier alpha value is -1.01. The average molecular weight is 344 g/mol. The minimum atomic E-state index is -2.55. The van der Waals surface area contributed by atoms with Crippen molar-refractivity contribution in [2.24, 2.45) is 7.05 Å². The molecule has 2 aromatic rings. The smallest absolute Gasteiger partial charge is 0.260 e. The third-order valence-corrected chi connectivity index (χ3v) is 4.52. The van der Waals surface area contributed by atoms with Crippen molar-refractivity contribution >= 4 is 27.0 Å². The molecule has 0 aliphatic carbocycles. The zero-order valence-corrected chi connectivity index (χ0v) is 12.8. The topological polar surface area (TPSA) is 21.1 Å². The molecule has 1 aliphatic heterocycles. The molecule has 0 radical (unpaired) electrons. The van der Waals surface area contributed by atoms with Crippen LogP contribution in [0.4, 0.5) is 8.78 Å². The van der Waals surface area contributed by atoms with Crippen molar-refractivity contribution in [1.82, 2.24) is 14.5 Å². The number of aromatic nitrogens is 2. The van der Waals surface area contributed by atoms with Gasteiger partial charge in [0.1, 0.15) is 5.65 Å². The number of aryl methyl sites for hydroxylation is 1. The van der Waals surface area contributed by atoms with Gasteiger partial charge in [-0.1, -0.05) is 0 Å². The van der Waals surface area contributed by atoms with E-state index in [2.05, 4.69) is 20.9 Å². The molecule has 0 aromatic carbocycles. The maximum Gasteiger partial charge on any atom is 0.260 e. The molecule has 0 bridgehead atoms. The predicted molar refractivity (Wildman–Crippen MR) is 77.9 cm³/mol. The number of piperidine rings is 1. The van der Waals surface area contributed by atoms with Crippen molar-refractivity contribution in [2.75, 3.05) is 13.1 Å². The second-order valence-corrected chi connectivity index (χ2v) is 6.25. The molecule has 0 atom stereocenters. The Balaban J connectivity index is 1.88. The number of hydrogen-bond acceptors (Lipinski definition) is 2. The van der Waals surface area contributed by atoms with E-state index in [4.69, 9.17) is 0 Å². The number of alkyl halides is 2. The minimum absolute atomic E-state index is 0.00567. The average Bonchev–Trinajstić information content (AvgIpc) is 2.68. The first-order valence-corrected chi connectivity index (χ1v) is 7.44. The van der Waals surface area contributed by atoms with E-state index in [1.165, 1.54) is 0 Å². The number of hydrogen-bond donors (Lipinski definition) is 0. The lowest BCUT2D eigenvalue weighted by molar-refractivity contribution is -0.0664. The highest BCUT2D eigenvalue weighted by Crippen LogP contribution is 2.29. The van der Waals surface area contributed by atoms with Crippen LogP contribution in [0, 0.1) is 0 Å². The Bertz CT molecular complexity index is 639. The van der Waals surface area contributed by atoms with Crippen molar-refractivity contribution < 1.29 is 8.78 Å². The molecule has 2 aromatic heterocycles. The maximum absolute atomic E-state index is 13.5. The summed E-state index contributed by atoms with van der Waals surface area (Å²) >= 11 is 3.50. The fraction of sp³-hybridized carbons (Fsp3) is 0.500. The van der Waals surface area contributed by atoms with E-state index >= 15 is 0 Å². The summed E-state index contributed by atoms with van der Waals surface area (Å²) < 4.78 is 29.9. The summed E-state index contributed by atoms with van der Waals surface area (Å²) in [6.45, 7) is 1.11. The molecule has 0 saturated carbocycles. The van der Waals surface area contributed by atoms with Gasteiger partial charge in [0.05, 0.1) is 6.54 Å². The van der Waals surface area contributed by atoms with E-state index < -0.39 is 5.92 Å². The van der Waals surface area contributed by atoms with Gasteiger partial charge in [0.2, 0.25) is 0 Å². The number of fused-ring (bicyclic) bond motifs is 1. The number of nitrogens with zero attached hydrogens (tertiary/aromatic N) is 3. The highest BCUT2D eigenvalue weighted by molar-refractivity contribution is 9.10. The molecule has 0 N–H and O–H groups in total. The molecular formula is C14H16BrF2N3. The highest BCUT2D eigenvalue weighted by atomic mass is 79.9. The maximum atomic E-state index is 13.5. The summed E-state index contributed by atoms with van der Waals surface area (Å²) in [7, 11) is 1.93. The number of rotatable bonds is 2. The van der Waals surface area contributed by atoms with Crippen LogP contribution in [0.3, 0.4) is 0 Å². The molecule has 1 aliphatic rings. The second-order valence-electron chi connectivity index (χ2n) is 5.39. The molecule has 3 heterocycles. The molecule has 108 valence electrons. The normalized spacial score (nSPS) is 19.6. The molecule has 0 spiro atoms. The molecule has 1 saturated heterocycles. The van der Waals surface area contributed by atoms with Crippen LogP contribution in [-0.2, 0) is 13.6 Å². The first-order chi connectivity index (χ1) is 9.46. The second kappa shape index (κ2) is 5.07. The van der Waals surface area contributed by atoms with Crippen LogP contribution in [0.1, 0.15) is 18.5 Å². The lowest BCUT2D eigenvalue weighted by Gasteiger charge is -2.32. The van der Waals surface area contributed by atoms with Crippen LogP contribution in [0.25, 0.3) is 11.0 Å². The van der Waals surface area contributed by atoms with Crippen molar-refractivity contribution in [3.8, 4) is 0 Å². The van der Waals surface area contributed by atoms with Gasteiger partial charge < -0.3 is 4.57 Å². The van der Waals surface area contributed by atoms with E-state index in [-0.39, 0.29) is 13.0 Å². The fourth-order valence-electron chi connectivity index (χ4n) is 2.80. The van der Waals surface area contributed by atoms with Crippen LogP contribution in [0.2, 0.25) is 0 Å². The van der Waals surface area contributed by atoms with Gasteiger partial charge in [-0.3, -0.25) is 4.90 Å². The molecule has 0 amide bonds. The number of halogens is 3. The fourth-order valence-corrected chi connectivity index (χ4v) is 3.21. The summed E-state index contributed by atoms with van der Waals surface area (Å²) in [4.78, 5) is 6.18. The Morgan fingerprint density at radius 2 is 2.25 bits per heavy atom. The van der Waals surface area contributed by atoms with Gasteiger partial charge in [0, 0.05) is 41.8 Å². The zero-order chi connectivity index (χ0) is 14.3. The van der Waals surface area contributed by atoms with E-state index in [9.17, 15) is 8.78 Å². The largest absolute Gasteiger partial charge is 0.331 e. The molecule has 1 fully saturated rings. The summed E-state index contributed by atoms with van der Waals surface area (Å²) in [5, 5.41) is 1.02. The highest BCUT2D eigenvalue weighted by Gasteiger charge is 2.35. The van der Waals surface area contributed by atoms with Gasteiger partial charge in [-0.05, 0) is 41.0 Å². The Kier molecular flexibility index (Phi) is 3.54. The van der Waals surface area contributed by atoms with Crippen LogP contribution >= 0.6 is 15.9 Å². The van der Waals surface area contributed by atoms with Gasteiger partial charge in [-0.2, -0.15) is 0 Å². The Morgan fingerprint density at radius 1 is 1.45 bits per heavy atom. The SMILES string of the molecule is Cn1c(CN2CCCC(F)(F)C2)cc2c(Br)ccnc21. The molecule has 3 nitrogen and oxygen atoms in total. The van der Waals surface area contributed by atoms with Gasteiger partial charge in [0.25, 0.3) is 5.92 Å². The van der Waals surface area contributed by atoms with Crippen molar-refractivity contribution in [3.63, 3.8) is 0 Å². The van der Waals surface area contributed by atoms with Crippen LogP contribution in [0.15, 0.2) is 22.8 Å². The van der Waals surface area contributed by atoms with Crippen LogP contribution in [-0.4, -0.2) is 33.5 Å². The summed E-state index contributed by atoms with van der Waals surface area (Å²) in [6.07, 6.45) is 2.30. The summed E-state index contributed by atoms with van der Waals surface area (Å²) in [5.41, 5.74) is 1.88. The first-order valence-electron chi connectivity index (χ1n) is 6.65. The number of likely N-dealkylation sites (tertiary alicyclic amines) is 1. The Labute approximate surface area is 124 Å². The van der Waals surface area contributed by atoms with Crippen LogP contribution in [0.5, 0.6) is 0 Å². The predicted octanol–water partition coefficient (Wildman–Crippen LogP) is 3.57. The first kappa shape index (κ1) is 13.9. The molecule has 3 rings (SSSR count). The quantitative estimate of drug-likeness (QED) is 0.831. The van der Waals surface area contributed by atoms with E-state index in [1.54, 1.807) is 6.20 Å². The lowest BCUT2D eigenvalue weighted by Crippen LogP contribution is -2.42. The lowest BCUT2D eigenvalue weighted by atomic mass is 10.1. The monoisotopic (exact) mass is 343 g/mol. The van der Waals surface area contributed by atoms with E-state index in [0.717, 1.165) is 27.7 Å². The molecule has 20 heavy (non-hydrogen) atoms. The summed E-state index contributed by atoms with van der Waals surface area (Å²) in [5.74, 6) is -2.55. The molecular weight excluding hydrogens is 328 g/mol. The van der Waals surface area contributed by atoms with Gasteiger partial charge in [0.15, 0.2) is 0 Å². The number of pyridine rings is 1. The van der Waals surface area contributed by atoms with Gasteiger partial charge in [-0.15, -0.1) is 0 Å².